The smallest absolute Gasteiger partial charge is 0.150 e. The van der Waals surface area contributed by atoms with Gasteiger partial charge in [-0.05, 0) is 91.9 Å². The fraction of sp³-hybridized carbons (Fsp3) is 0.355. The molecule has 0 amide bonds. The molecule has 2 heterocycles. The molecule has 3 atom stereocenters. The fourth-order valence-corrected chi connectivity index (χ4v) is 5.55. The fourth-order valence-electron chi connectivity index (χ4n) is 5.36. The maximum absolute atomic E-state index is 14.0. The van der Waals surface area contributed by atoms with Gasteiger partial charge in [-0.25, -0.2) is 4.39 Å². The molecule has 1 fully saturated rings. The second kappa shape index (κ2) is 10.8. The number of phenolic OH excluding ortho intramolecular Hbond substituents is 1. The maximum atomic E-state index is 14.0. The first-order chi connectivity index (χ1) is 17.8. The van der Waals surface area contributed by atoms with E-state index in [9.17, 15) is 9.50 Å². The number of halogens is 2. The van der Waals surface area contributed by atoms with Gasteiger partial charge in [0.1, 0.15) is 35.8 Å². The van der Waals surface area contributed by atoms with Crippen LogP contribution in [0.2, 0.25) is 5.02 Å². The SMILES string of the molecule is CC[C@@H]1CCN([C@@H](C)COc2ccc(C3Oc4ccc(O)cc4C(C)=C3c3ccc(F)c(Cl)c3)cc2)C1. The number of phenols is 1. The zero-order valence-corrected chi connectivity index (χ0v) is 22.3. The molecule has 0 saturated carbocycles. The predicted molar refractivity (Wildman–Crippen MR) is 147 cm³/mol. The minimum atomic E-state index is -0.468. The molecule has 1 unspecified atom stereocenters. The molecule has 0 spiro atoms. The Morgan fingerprint density at radius 1 is 1.14 bits per heavy atom. The Hall–Kier alpha value is -3.02. The van der Waals surface area contributed by atoms with Crippen molar-refractivity contribution >= 4 is 22.7 Å². The van der Waals surface area contributed by atoms with Crippen LogP contribution in [-0.4, -0.2) is 35.7 Å². The number of rotatable bonds is 7. The molecule has 3 aromatic carbocycles. The minimum Gasteiger partial charge on any atom is -0.508 e. The van der Waals surface area contributed by atoms with Crippen molar-refractivity contribution in [1.29, 1.82) is 0 Å². The van der Waals surface area contributed by atoms with E-state index in [4.69, 9.17) is 21.1 Å². The topological polar surface area (TPSA) is 41.9 Å². The van der Waals surface area contributed by atoms with Crippen molar-refractivity contribution in [2.45, 2.75) is 45.8 Å². The Morgan fingerprint density at radius 2 is 1.92 bits per heavy atom. The third-order valence-electron chi connectivity index (χ3n) is 7.70. The molecule has 3 aromatic rings. The third-order valence-corrected chi connectivity index (χ3v) is 7.99. The van der Waals surface area contributed by atoms with E-state index in [2.05, 4.69) is 18.7 Å². The molecule has 4 nitrogen and oxygen atoms in total. The number of likely N-dealkylation sites (tertiary alicyclic amines) is 1. The third kappa shape index (κ3) is 5.34. The van der Waals surface area contributed by atoms with Crippen molar-refractivity contribution in [2.75, 3.05) is 19.7 Å². The van der Waals surface area contributed by atoms with Gasteiger partial charge in [-0.2, -0.15) is 0 Å². The van der Waals surface area contributed by atoms with Gasteiger partial charge in [0, 0.05) is 23.7 Å². The molecule has 2 aliphatic heterocycles. The number of hydrogen-bond acceptors (Lipinski definition) is 4. The lowest BCUT2D eigenvalue weighted by atomic mass is 9.86. The minimum absolute atomic E-state index is 0.0550. The normalized spacial score (nSPS) is 20.5. The molecule has 2 aliphatic rings. The molecular weight excluding hydrogens is 489 g/mol. The number of allylic oxidation sites excluding steroid dienone is 1. The second-order valence-electron chi connectivity index (χ2n) is 10.1. The summed E-state index contributed by atoms with van der Waals surface area (Å²) in [7, 11) is 0. The van der Waals surface area contributed by atoms with Crippen LogP contribution in [0.4, 0.5) is 4.39 Å². The number of hydrogen-bond donors (Lipinski definition) is 1. The van der Waals surface area contributed by atoms with Crippen molar-refractivity contribution in [3.63, 3.8) is 0 Å². The Morgan fingerprint density at radius 3 is 2.62 bits per heavy atom. The van der Waals surface area contributed by atoms with Crippen molar-refractivity contribution in [1.82, 2.24) is 4.90 Å². The van der Waals surface area contributed by atoms with Gasteiger partial charge in [-0.3, -0.25) is 4.90 Å². The molecule has 1 N–H and O–H groups in total. The Balaban J connectivity index is 1.39. The first-order valence-electron chi connectivity index (χ1n) is 13.0. The lowest BCUT2D eigenvalue weighted by molar-refractivity contribution is 0.168. The predicted octanol–water partition coefficient (Wildman–Crippen LogP) is 7.75. The average molecular weight is 522 g/mol. The molecule has 0 bridgehead atoms. The van der Waals surface area contributed by atoms with E-state index in [0.29, 0.717) is 18.4 Å². The average Bonchev–Trinajstić information content (AvgIpc) is 3.39. The highest BCUT2D eigenvalue weighted by atomic mass is 35.5. The number of fused-ring (bicyclic) bond motifs is 1. The summed E-state index contributed by atoms with van der Waals surface area (Å²) in [5.74, 6) is 1.99. The van der Waals surface area contributed by atoms with Crippen LogP contribution in [-0.2, 0) is 0 Å². The highest BCUT2D eigenvalue weighted by Gasteiger charge is 2.30. The van der Waals surface area contributed by atoms with E-state index in [0.717, 1.165) is 52.6 Å². The molecule has 0 aromatic heterocycles. The molecule has 5 rings (SSSR count). The van der Waals surface area contributed by atoms with Gasteiger partial charge in [-0.1, -0.05) is 43.1 Å². The summed E-state index contributed by atoms with van der Waals surface area (Å²) in [6, 6.07) is 18.1. The van der Waals surface area contributed by atoms with Gasteiger partial charge in [-0.15, -0.1) is 0 Å². The maximum Gasteiger partial charge on any atom is 0.150 e. The molecule has 37 heavy (non-hydrogen) atoms. The summed E-state index contributed by atoms with van der Waals surface area (Å²) in [6.07, 6.45) is 2.08. The van der Waals surface area contributed by atoms with E-state index in [1.165, 1.54) is 18.9 Å². The molecule has 0 radical (unpaired) electrons. The zero-order valence-electron chi connectivity index (χ0n) is 21.5. The lowest BCUT2D eigenvalue weighted by Crippen LogP contribution is -2.35. The zero-order chi connectivity index (χ0) is 26.1. The van der Waals surface area contributed by atoms with Crippen LogP contribution in [0.25, 0.3) is 11.1 Å². The second-order valence-corrected chi connectivity index (χ2v) is 10.5. The van der Waals surface area contributed by atoms with E-state index in [1.54, 1.807) is 30.3 Å². The Kier molecular flexibility index (Phi) is 7.45. The summed E-state index contributed by atoms with van der Waals surface area (Å²) >= 11 is 6.15. The van der Waals surface area contributed by atoms with Crippen LogP contribution in [0.15, 0.2) is 60.7 Å². The number of nitrogens with zero attached hydrogens (tertiary/aromatic N) is 1. The number of ether oxygens (including phenoxy) is 2. The molecule has 0 aliphatic carbocycles. The van der Waals surface area contributed by atoms with Gasteiger partial charge >= 0.3 is 0 Å². The van der Waals surface area contributed by atoms with Crippen LogP contribution >= 0.6 is 11.6 Å². The Bertz CT molecular complexity index is 1310. The van der Waals surface area contributed by atoms with Crippen LogP contribution < -0.4 is 9.47 Å². The van der Waals surface area contributed by atoms with Gasteiger partial charge < -0.3 is 14.6 Å². The van der Waals surface area contributed by atoms with Crippen molar-refractivity contribution in [3.8, 4) is 17.2 Å². The first kappa shape index (κ1) is 25.6. The summed E-state index contributed by atoms with van der Waals surface area (Å²) in [4.78, 5) is 2.52. The molecule has 6 heteroatoms. The number of benzene rings is 3. The van der Waals surface area contributed by atoms with E-state index >= 15 is 0 Å². The quantitative estimate of drug-likeness (QED) is 0.345. The van der Waals surface area contributed by atoms with Gasteiger partial charge in [0.05, 0.1) is 5.02 Å². The van der Waals surface area contributed by atoms with E-state index in [1.807, 2.05) is 31.2 Å². The van der Waals surface area contributed by atoms with Crippen molar-refractivity contribution < 1.29 is 19.0 Å². The van der Waals surface area contributed by atoms with Gasteiger partial charge in [0.25, 0.3) is 0 Å². The van der Waals surface area contributed by atoms with E-state index < -0.39 is 11.9 Å². The van der Waals surface area contributed by atoms with Gasteiger partial charge in [0.15, 0.2) is 0 Å². The largest absolute Gasteiger partial charge is 0.508 e. The van der Waals surface area contributed by atoms with Crippen LogP contribution in [0.3, 0.4) is 0 Å². The van der Waals surface area contributed by atoms with Gasteiger partial charge in [0.2, 0.25) is 0 Å². The molecular formula is C31H33ClFNO3. The highest BCUT2D eigenvalue weighted by molar-refractivity contribution is 6.31. The standard InChI is InChI=1S/C31H33ClFNO3/c1-4-21-13-14-34(17-21)19(2)18-36-25-9-5-22(6-10-25)31-30(23-7-11-28(33)27(32)15-23)20(3)26-16-24(35)8-12-29(26)37-31/h5-12,15-16,19,21,31,35H,4,13-14,17-18H2,1-3H3/t19-,21+,31?/m0/s1. The summed E-state index contributed by atoms with van der Waals surface area (Å²) < 4.78 is 26.6. The van der Waals surface area contributed by atoms with Crippen molar-refractivity contribution in [3.05, 3.63) is 88.2 Å². The monoisotopic (exact) mass is 521 g/mol. The lowest BCUT2D eigenvalue weighted by Gasteiger charge is -2.31. The van der Waals surface area contributed by atoms with Crippen LogP contribution in [0.1, 0.15) is 56.4 Å². The van der Waals surface area contributed by atoms with Crippen LogP contribution in [0.5, 0.6) is 17.2 Å². The summed E-state index contributed by atoms with van der Waals surface area (Å²) in [6.45, 7) is 9.42. The summed E-state index contributed by atoms with van der Waals surface area (Å²) in [5, 5.41) is 10.1. The van der Waals surface area contributed by atoms with Crippen molar-refractivity contribution in [2.24, 2.45) is 5.92 Å². The Labute approximate surface area is 223 Å². The number of aromatic hydroxyl groups is 1. The molecule has 194 valence electrons. The van der Waals surface area contributed by atoms with E-state index in [-0.39, 0.29) is 10.8 Å². The highest BCUT2D eigenvalue weighted by Crippen LogP contribution is 2.47. The summed E-state index contributed by atoms with van der Waals surface area (Å²) in [5.41, 5.74) is 4.33. The molecule has 1 saturated heterocycles. The first-order valence-corrected chi connectivity index (χ1v) is 13.3. The van der Waals surface area contributed by atoms with Crippen LogP contribution in [0, 0.1) is 11.7 Å².